The van der Waals surface area contributed by atoms with Crippen LogP contribution in [0.1, 0.15) is 52.7 Å². The first-order valence-corrected chi connectivity index (χ1v) is 8.74. The Labute approximate surface area is 154 Å². The van der Waals surface area contributed by atoms with Gasteiger partial charge in [0.2, 0.25) is 0 Å². The first-order chi connectivity index (χ1) is 10.9. The second-order valence-electron chi connectivity index (χ2n) is 8.20. The van der Waals surface area contributed by atoms with Crippen LogP contribution in [0.25, 0.3) is 0 Å². The molecule has 0 saturated carbocycles. The second kappa shape index (κ2) is 6.50. The van der Waals surface area contributed by atoms with E-state index in [9.17, 15) is 5.11 Å². The molecule has 0 atom stereocenters. The third kappa shape index (κ3) is 4.37. The molecule has 0 fully saturated rings. The van der Waals surface area contributed by atoms with E-state index in [0.29, 0.717) is 15.7 Å². The summed E-state index contributed by atoms with van der Waals surface area (Å²) in [5.41, 5.74) is 3.26. The van der Waals surface area contributed by atoms with Crippen molar-refractivity contribution in [3.05, 3.63) is 51.5 Å². The number of phenols is 1. The summed E-state index contributed by atoms with van der Waals surface area (Å²) >= 11 is 12.2. The van der Waals surface area contributed by atoms with Crippen molar-refractivity contribution >= 4 is 34.6 Å². The smallest absolute Gasteiger partial charge is 0.142 e. The summed E-state index contributed by atoms with van der Waals surface area (Å²) in [6, 6.07) is 9.33. The third-order valence-corrected chi connectivity index (χ3v) is 4.36. The van der Waals surface area contributed by atoms with Crippen LogP contribution in [0.15, 0.2) is 30.3 Å². The van der Waals surface area contributed by atoms with Crippen molar-refractivity contribution < 1.29 is 5.11 Å². The zero-order valence-corrected chi connectivity index (χ0v) is 16.6. The van der Waals surface area contributed by atoms with Crippen LogP contribution in [0.2, 0.25) is 10.0 Å². The van der Waals surface area contributed by atoms with Gasteiger partial charge in [0.05, 0.1) is 5.69 Å². The summed E-state index contributed by atoms with van der Waals surface area (Å²) in [5, 5.41) is 15.1. The van der Waals surface area contributed by atoms with Gasteiger partial charge in [0.25, 0.3) is 0 Å². The quantitative estimate of drug-likeness (QED) is 0.559. The molecule has 0 spiro atoms. The fraction of sp³-hybridized carbons (Fsp3) is 0.400. The van der Waals surface area contributed by atoms with Gasteiger partial charge in [-0.2, -0.15) is 0 Å². The molecule has 2 nitrogen and oxygen atoms in total. The van der Waals surface area contributed by atoms with Gasteiger partial charge in [0.15, 0.2) is 0 Å². The topological polar surface area (TPSA) is 32.3 Å². The van der Waals surface area contributed by atoms with E-state index in [4.69, 9.17) is 23.2 Å². The Morgan fingerprint density at radius 1 is 0.792 bits per heavy atom. The largest absolute Gasteiger partial charge is 0.505 e. The standard InChI is InChI=1S/C20H25Cl2NO/c1-19(2,3)12-7-16(20(4,5)6)18(24)17(8-12)23-15-10-13(21)9-14(22)11-15/h7-11,23-24H,1-6H3. The molecule has 2 aromatic carbocycles. The van der Waals surface area contributed by atoms with Gasteiger partial charge in [-0.1, -0.05) is 70.8 Å². The minimum absolute atomic E-state index is 0.0316. The Hall–Kier alpha value is -1.38. The highest BCUT2D eigenvalue weighted by Crippen LogP contribution is 2.41. The normalized spacial score (nSPS) is 12.3. The number of aromatic hydroxyl groups is 1. The molecule has 0 radical (unpaired) electrons. The van der Waals surface area contributed by atoms with Crippen LogP contribution in [0.4, 0.5) is 11.4 Å². The van der Waals surface area contributed by atoms with Gasteiger partial charge in [-0.3, -0.25) is 0 Å². The number of rotatable bonds is 2. The summed E-state index contributed by atoms with van der Waals surface area (Å²) in [6.07, 6.45) is 0. The van der Waals surface area contributed by atoms with E-state index in [1.165, 1.54) is 0 Å². The maximum Gasteiger partial charge on any atom is 0.142 e. The number of hydrogen-bond donors (Lipinski definition) is 2. The lowest BCUT2D eigenvalue weighted by Crippen LogP contribution is -2.17. The monoisotopic (exact) mass is 365 g/mol. The first kappa shape index (κ1) is 19.0. The highest BCUT2D eigenvalue weighted by Gasteiger charge is 2.25. The molecule has 24 heavy (non-hydrogen) atoms. The summed E-state index contributed by atoms with van der Waals surface area (Å²) in [7, 11) is 0. The Balaban J connectivity index is 2.60. The molecule has 0 unspecified atom stereocenters. The van der Waals surface area contributed by atoms with E-state index in [-0.39, 0.29) is 16.6 Å². The average molecular weight is 366 g/mol. The average Bonchev–Trinajstić information content (AvgIpc) is 2.37. The van der Waals surface area contributed by atoms with E-state index in [2.05, 4.69) is 52.9 Å². The highest BCUT2D eigenvalue weighted by molar-refractivity contribution is 6.35. The molecule has 4 heteroatoms. The number of hydrogen-bond acceptors (Lipinski definition) is 2. The van der Waals surface area contributed by atoms with Gasteiger partial charge in [0.1, 0.15) is 5.75 Å². The molecule has 130 valence electrons. The van der Waals surface area contributed by atoms with Gasteiger partial charge in [0, 0.05) is 21.3 Å². The van der Waals surface area contributed by atoms with E-state index in [1.54, 1.807) is 18.2 Å². The molecule has 0 saturated heterocycles. The Morgan fingerprint density at radius 3 is 1.79 bits per heavy atom. The van der Waals surface area contributed by atoms with Crippen molar-refractivity contribution in [3.8, 4) is 5.75 Å². The van der Waals surface area contributed by atoms with Gasteiger partial charge in [-0.05, 0) is 40.7 Å². The molecule has 0 aliphatic rings. The molecule has 0 aliphatic heterocycles. The molecule has 2 rings (SSSR count). The lowest BCUT2D eigenvalue weighted by atomic mass is 9.79. The molecular weight excluding hydrogens is 341 g/mol. The Bertz CT molecular complexity index is 735. The fourth-order valence-electron chi connectivity index (χ4n) is 2.52. The molecule has 0 aliphatic carbocycles. The van der Waals surface area contributed by atoms with Crippen LogP contribution in [-0.4, -0.2) is 5.11 Å². The van der Waals surface area contributed by atoms with E-state index in [1.807, 2.05) is 6.07 Å². The summed E-state index contributed by atoms with van der Waals surface area (Å²) in [5.74, 6) is 0.256. The van der Waals surface area contributed by atoms with Gasteiger partial charge in [-0.25, -0.2) is 0 Å². The maximum absolute atomic E-state index is 10.8. The Kier molecular flexibility index (Phi) is 5.13. The van der Waals surface area contributed by atoms with Crippen molar-refractivity contribution in [2.24, 2.45) is 0 Å². The number of halogens is 2. The number of phenolic OH excluding ortho intramolecular Hbond substituents is 1. The van der Waals surface area contributed by atoms with Crippen LogP contribution in [0.5, 0.6) is 5.75 Å². The van der Waals surface area contributed by atoms with Gasteiger partial charge in [-0.15, -0.1) is 0 Å². The van der Waals surface area contributed by atoms with Gasteiger partial charge >= 0.3 is 0 Å². The molecule has 2 N–H and O–H groups in total. The SMILES string of the molecule is CC(C)(C)c1cc(Nc2cc(Cl)cc(Cl)c2)c(O)c(C(C)(C)C)c1. The number of nitrogens with one attached hydrogen (secondary N) is 1. The van der Waals surface area contributed by atoms with E-state index < -0.39 is 0 Å². The summed E-state index contributed by atoms with van der Waals surface area (Å²) in [4.78, 5) is 0. The zero-order valence-electron chi connectivity index (χ0n) is 15.1. The van der Waals surface area contributed by atoms with Crippen molar-refractivity contribution in [2.45, 2.75) is 52.4 Å². The molecule has 0 aromatic heterocycles. The first-order valence-electron chi connectivity index (χ1n) is 7.99. The van der Waals surface area contributed by atoms with Gasteiger partial charge < -0.3 is 10.4 Å². The number of benzene rings is 2. The number of anilines is 2. The van der Waals surface area contributed by atoms with Crippen molar-refractivity contribution in [1.82, 2.24) is 0 Å². The Morgan fingerprint density at radius 2 is 1.33 bits per heavy atom. The van der Waals surface area contributed by atoms with Crippen LogP contribution in [-0.2, 0) is 10.8 Å². The van der Waals surface area contributed by atoms with Crippen molar-refractivity contribution in [3.63, 3.8) is 0 Å². The van der Waals surface area contributed by atoms with Crippen LogP contribution in [0.3, 0.4) is 0 Å². The van der Waals surface area contributed by atoms with Crippen LogP contribution >= 0.6 is 23.2 Å². The molecule has 0 heterocycles. The highest BCUT2D eigenvalue weighted by atomic mass is 35.5. The summed E-state index contributed by atoms with van der Waals surface area (Å²) in [6.45, 7) is 12.8. The van der Waals surface area contributed by atoms with Crippen LogP contribution < -0.4 is 5.32 Å². The van der Waals surface area contributed by atoms with Crippen molar-refractivity contribution in [2.75, 3.05) is 5.32 Å². The lowest BCUT2D eigenvalue weighted by molar-refractivity contribution is 0.447. The van der Waals surface area contributed by atoms with E-state index in [0.717, 1.165) is 16.8 Å². The maximum atomic E-state index is 10.8. The fourth-order valence-corrected chi connectivity index (χ4v) is 3.04. The second-order valence-corrected chi connectivity index (χ2v) is 9.08. The minimum Gasteiger partial charge on any atom is -0.505 e. The predicted octanol–water partition coefficient (Wildman–Crippen LogP) is 7.04. The molecule has 2 aromatic rings. The third-order valence-electron chi connectivity index (χ3n) is 3.93. The lowest BCUT2D eigenvalue weighted by Gasteiger charge is -2.27. The minimum atomic E-state index is -0.173. The molecular formula is C20H25Cl2NO. The summed E-state index contributed by atoms with van der Waals surface area (Å²) < 4.78 is 0. The predicted molar refractivity (Wildman–Crippen MR) is 105 cm³/mol. The zero-order chi connectivity index (χ0) is 18.3. The van der Waals surface area contributed by atoms with E-state index >= 15 is 0 Å². The molecule has 0 bridgehead atoms. The van der Waals surface area contributed by atoms with Crippen molar-refractivity contribution in [1.29, 1.82) is 0 Å². The molecule has 0 amide bonds. The van der Waals surface area contributed by atoms with Crippen LogP contribution in [0, 0.1) is 0 Å².